The van der Waals surface area contributed by atoms with Crippen molar-refractivity contribution in [2.24, 2.45) is 0 Å². The third-order valence-corrected chi connectivity index (χ3v) is 8.67. The molecular weight excluding hydrogens is 496 g/mol. The summed E-state index contributed by atoms with van der Waals surface area (Å²) in [6.07, 6.45) is 1.77. The average Bonchev–Trinajstić information content (AvgIpc) is 3.32. The number of aromatic nitrogens is 4. The van der Waals surface area contributed by atoms with E-state index in [-0.39, 0.29) is 18.0 Å². The number of carbonyl (C=O) groups is 3. The predicted molar refractivity (Wildman–Crippen MR) is 122 cm³/mol. The van der Waals surface area contributed by atoms with Gasteiger partial charge >= 0.3 is 5.97 Å². The van der Waals surface area contributed by atoms with E-state index in [4.69, 9.17) is 11.6 Å². The van der Waals surface area contributed by atoms with Gasteiger partial charge in [-0.05, 0) is 19.4 Å². The van der Waals surface area contributed by atoms with Crippen LogP contribution in [-0.2, 0) is 20.9 Å². The molecule has 2 aliphatic heterocycles. The summed E-state index contributed by atoms with van der Waals surface area (Å²) in [5, 5.41) is 25.6. The van der Waals surface area contributed by atoms with Gasteiger partial charge in [0.2, 0.25) is 5.91 Å². The van der Waals surface area contributed by atoms with Crippen molar-refractivity contribution in [1.82, 2.24) is 30.2 Å². The highest BCUT2D eigenvalue weighted by molar-refractivity contribution is 8.01. The van der Waals surface area contributed by atoms with E-state index < -0.39 is 23.3 Å². The van der Waals surface area contributed by atoms with Crippen molar-refractivity contribution in [2.45, 2.75) is 42.6 Å². The minimum Gasteiger partial charge on any atom is -0.477 e. The highest BCUT2D eigenvalue weighted by Crippen LogP contribution is 2.41. The van der Waals surface area contributed by atoms with E-state index in [0.717, 1.165) is 9.35 Å². The number of aryl methyl sites for hydroxylation is 3. The van der Waals surface area contributed by atoms with Crippen LogP contribution in [0.15, 0.2) is 21.8 Å². The second kappa shape index (κ2) is 9.41. The Labute approximate surface area is 200 Å². The van der Waals surface area contributed by atoms with Crippen LogP contribution in [0, 0.1) is 13.8 Å². The van der Waals surface area contributed by atoms with Crippen molar-refractivity contribution in [3.8, 4) is 0 Å². The molecule has 2 aliphatic rings. The number of hydrogen-bond acceptors (Lipinski definition) is 9. The molecule has 2 amide bonds. The predicted octanol–water partition coefficient (Wildman–Crippen LogP) is 1.93. The molecule has 0 spiro atoms. The molecule has 4 rings (SSSR count). The Hall–Kier alpha value is -2.09. The second-order valence-electron chi connectivity index (χ2n) is 7.16. The molecular formula is C18H19ClN6O4S3. The van der Waals surface area contributed by atoms with Crippen LogP contribution in [0.5, 0.6) is 0 Å². The summed E-state index contributed by atoms with van der Waals surface area (Å²) in [6.45, 7) is 3.95. The molecule has 2 aromatic heterocycles. The number of carboxylic acid groups (broad SMARTS) is 1. The van der Waals surface area contributed by atoms with Crippen molar-refractivity contribution in [1.29, 1.82) is 0 Å². The number of rotatable bonds is 8. The van der Waals surface area contributed by atoms with Gasteiger partial charge in [-0.15, -0.1) is 22.0 Å². The molecule has 1 saturated heterocycles. The Morgan fingerprint density at radius 2 is 2.16 bits per heavy atom. The Kier molecular flexibility index (Phi) is 6.79. The molecule has 0 radical (unpaired) electrons. The number of nitrogens with one attached hydrogen (secondary N) is 1. The van der Waals surface area contributed by atoms with E-state index in [2.05, 4.69) is 20.6 Å². The zero-order valence-corrected chi connectivity index (χ0v) is 20.3. The van der Waals surface area contributed by atoms with Crippen LogP contribution in [0.1, 0.15) is 17.1 Å². The Morgan fingerprint density at radius 3 is 2.78 bits per heavy atom. The number of hydrogen-bond donors (Lipinski definition) is 2. The van der Waals surface area contributed by atoms with Crippen LogP contribution in [0.2, 0.25) is 5.02 Å². The van der Waals surface area contributed by atoms with Crippen LogP contribution >= 0.6 is 46.5 Å². The minimum absolute atomic E-state index is 0.000329. The quantitative estimate of drug-likeness (QED) is 0.400. The maximum absolute atomic E-state index is 12.7. The molecule has 0 saturated carbocycles. The van der Waals surface area contributed by atoms with Gasteiger partial charge in [0.15, 0.2) is 4.34 Å². The van der Waals surface area contributed by atoms with Crippen LogP contribution in [0.3, 0.4) is 0 Å². The average molecular weight is 515 g/mol. The number of amides is 2. The molecule has 0 aliphatic carbocycles. The molecule has 32 heavy (non-hydrogen) atoms. The molecule has 14 heteroatoms. The number of carboxylic acids is 1. The van der Waals surface area contributed by atoms with E-state index in [1.807, 2.05) is 6.92 Å². The lowest BCUT2D eigenvalue weighted by Crippen LogP contribution is -2.70. The molecule has 10 nitrogen and oxygen atoms in total. The summed E-state index contributed by atoms with van der Waals surface area (Å²) in [5.41, 5.74) is 1.33. The lowest BCUT2D eigenvalue weighted by Gasteiger charge is -2.49. The zero-order chi connectivity index (χ0) is 23.0. The fraction of sp³-hybridized carbons (Fsp3) is 0.444. The maximum Gasteiger partial charge on any atom is 0.352 e. The molecule has 2 atom stereocenters. The van der Waals surface area contributed by atoms with Crippen LogP contribution in [-0.4, -0.2) is 70.7 Å². The highest BCUT2D eigenvalue weighted by atomic mass is 35.5. The van der Waals surface area contributed by atoms with Crippen molar-refractivity contribution in [2.75, 3.05) is 11.5 Å². The van der Waals surface area contributed by atoms with E-state index in [0.29, 0.717) is 34.3 Å². The lowest BCUT2D eigenvalue weighted by molar-refractivity contribution is -0.150. The number of nitrogens with zero attached hydrogens (tertiary/aromatic N) is 5. The number of fused-ring (bicyclic) bond motifs is 1. The van der Waals surface area contributed by atoms with E-state index in [1.165, 1.54) is 39.8 Å². The summed E-state index contributed by atoms with van der Waals surface area (Å²) in [7, 11) is 0. The van der Waals surface area contributed by atoms with Crippen molar-refractivity contribution in [3.63, 3.8) is 0 Å². The van der Waals surface area contributed by atoms with E-state index in [9.17, 15) is 19.5 Å². The van der Waals surface area contributed by atoms with Gasteiger partial charge in [0.25, 0.3) is 5.91 Å². The van der Waals surface area contributed by atoms with Gasteiger partial charge in [0, 0.05) is 30.7 Å². The molecule has 170 valence electrons. The summed E-state index contributed by atoms with van der Waals surface area (Å²) in [4.78, 5) is 38.3. The van der Waals surface area contributed by atoms with Crippen molar-refractivity contribution < 1.29 is 19.5 Å². The highest BCUT2D eigenvalue weighted by Gasteiger charge is 2.54. The normalized spacial score (nSPS) is 20.2. The Morgan fingerprint density at radius 1 is 1.38 bits per heavy atom. The van der Waals surface area contributed by atoms with Gasteiger partial charge in [0.1, 0.15) is 22.1 Å². The van der Waals surface area contributed by atoms with E-state index in [1.54, 1.807) is 17.8 Å². The number of aliphatic carboxylic acids is 1. The van der Waals surface area contributed by atoms with Crippen LogP contribution in [0.25, 0.3) is 0 Å². The first-order valence-corrected chi connectivity index (χ1v) is 12.8. The van der Waals surface area contributed by atoms with Gasteiger partial charge in [-0.2, -0.15) is 5.10 Å². The third kappa shape index (κ3) is 4.65. The SMILES string of the molecule is Cc1nnc(SCC2=C(C(=O)O)N3C(=O)C(NC(=O)CCn4cc(Cl)c(C)n4)C3SC2)s1. The monoisotopic (exact) mass is 514 g/mol. The van der Waals surface area contributed by atoms with Crippen molar-refractivity contribution >= 4 is 64.2 Å². The van der Waals surface area contributed by atoms with Gasteiger partial charge in [-0.1, -0.05) is 34.7 Å². The van der Waals surface area contributed by atoms with Gasteiger partial charge in [-0.25, -0.2) is 4.79 Å². The second-order valence-corrected chi connectivity index (χ2v) is 11.1. The number of thioether (sulfide) groups is 2. The minimum atomic E-state index is -1.15. The first kappa shape index (κ1) is 23.1. The molecule has 0 aromatic carbocycles. The summed E-state index contributed by atoms with van der Waals surface area (Å²) >= 11 is 10.3. The van der Waals surface area contributed by atoms with Crippen LogP contribution < -0.4 is 5.32 Å². The largest absolute Gasteiger partial charge is 0.477 e. The van der Waals surface area contributed by atoms with Crippen molar-refractivity contribution in [3.05, 3.63) is 33.2 Å². The smallest absolute Gasteiger partial charge is 0.352 e. The van der Waals surface area contributed by atoms with Crippen LogP contribution in [0.4, 0.5) is 0 Å². The molecule has 1 fully saturated rings. The molecule has 2 unspecified atom stereocenters. The summed E-state index contributed by atoms with van der Waals surface area (Å²) in [5.74, 6) is -1.01. The zero-order valence-electron chi connectivity index (χ0n) is 17.1. The summed E-state index contributed by atoms with van der Waals surface area (Å²) in [6, 6.07) is -0.746. The van der Waals surface area contributed by atoms with Gasteiger partial charge < -0.3 is 10.4 Å². The topological polar surface area (TPSA) is 130 Å². The molecule has 4 heterocycles. The number of carbonyl (C=O) groups excluding carboxylic acids is 2. The first-order valence-electron chi connectivity index (χ1n) is 9.56. The van der Waals surface area contributed by atoms with Gasteiger partial charge in [-0.3, -0.25) is 19.2 Å². The standard InChI is InChI=1S/C18H19ClN6O4S3/c1-8-11(19)5-24(23-8)4-3-12(26)20-13-15(27)25-14(17(28)29)10(6-30-16(13)25)7-31-18-22-21-9(2)32-18/h5,13,16H,3-4,6-7H2,1-2H3,(H,20,26)(H,28,29). The molecule has 2 N–H and O–H groups in total. The Balaban J connectivity index is 1.37. The fourth-order valence-corrected chi connectivity index (χ4v) is 6.80. The first-order chi connectivity index (χ1) is 15.2. The maximum atomic E-state index is 12.7. The molecule has 0 bridgehead atoms. The third-order valence-electron chi connectivity index (χ3n) is 4.90. The summed E-state index contributed by atoms with van der Waals surface area (Å²) < 4.78 is 2.33. The number of halogens is 1. The fourth-order valence-electron chi connectivity index (χ4n) is 3.35. The van der Waals surface area contributed by atoms with Gasteiger partial charge in [0.05, 0.1) is 10.7 Å². The molecule has 2 aromatic rings. The lowest BCUT2D eigenvalue weighted by atomic mass is 10.0. The van der Waals surface area contributed by atoms with E-state index >= 15 is 0 Å². The number of β-lactam (4-membered cyclic amide) rings is 1. The Bertz CT molecular complexity index is 1100.